The van der Waals surface area contributed by atoms with Crippen molar-refractivity contribution in [3.8, 4) is 0 Å². The minimum atomic E-state index is -3.68. The van der Waals surface area contributed by atoms with E-state index in [1.165, 1.54) is 88.8 Å². The summed E-state index contributed by atoms with van der Waals surface area (Å²) in [6.07, 6.45) is 17.5. The molecule has 1 aromatic carbocycles. The molecular formula is C22H39ClN2O4S2. The highest BCUT2D eigenvalue weighted by Crippen LogP contribution is 2.25. The summed E-state index contributed by atoms with van der Waals surface area (Å²) in [5, 5.41) is 0.174. The van der Waals surface area contributed by atoms with Crippen LogP contribution in [0, 0.1) is 0 Å². The van der Waals surface area contributed by atoms with Gasteiger partial charge >= 0.3 is 0 Å². The van der Waals surface area contributed by atoms with Gasteiger partial charge in [-0.3, -0.25) is 9.27 Å². The summed E-state index contributed by atoms with van der Waals surface area (Å²) in [5.74, 6) is 0. The van der Waals surface area contributed by atoms with Crippen LogP contribution in [0.5, 0.6) is 0 Å². The van der Waals surface area contributed by atoms with Crippen LogP contribution in [0.4, 0.5) is 5.69 Å². The molecule has 0 aliphatic carbocycles. The van der Waals surface area contributed by atoms with Gasteiger partial charge in [0, 0.05) is 6.54 Å². The molecule has 0 saturated heterocycles. The Morgan fingerprint density at radius 3 is 1.84 bits per heavy atom. The Kier molecular flexibility index (Phi) is 15.5. The molecule has 0 aliphatic rings. The Hall–Kier alpha value is -0.670. The van der Waals surface area contributed by atoms with Crippen molar-refractivity contribution in [2.75, 3.05) is 11.3 Å². The molecule has 0 bridgehead atoms. The summed E-state index contributed by atoms with van der Waals surface area (Å²) in [7, 11) is -3.68. The molecule has 6 nitrogen and oxygen atoms in total. The molecule has 3 N–H and O–H groups in total. The highest BCUT2D eigenvalue weighted by Gasteiger charge is 2.15. The molecule has 0 amide bonds. The fourth-order valence-electron chi connectivity index (χ4n) is 3.45. The predicted octanol–water partition coefficient (Wildman–Crippen LogP) is 6.65. The highest BCUT2D eigenvalue weighted by atomic mass is 35.5. The first-order chi connectivity index (χ1) is 14.9. The maximum absolute atomic E-state index is 12.4. The van der Waals surface area contributed by atoms with Crippen LogP contribution in [0.3, 0.4) is 0 Å². The number of sulfonamides is 1. The molecule has 0 aliphatic heterocycles. The second-order valence-electron chi connectivity index (χ2n) is 7.99. The maximum Gasteiger partial charge on any atom is 0.259 e. The fourth-order valence-corrected chi connectivity index (χ4v) is 5.13. The lowest BCUT2D eigenvalue weighted by Crippen LogP contribution is -2.25. The molecule has 0 saturated carbocycles. The van der Waals surface area contributed by atoms with E-state index in [9.17, 15) is 12.6 Å². The highest BCUT2D eigenvalue weighted by molar-refractivity contribution is 7.89. The van der Waals surface area contributed by atoms with Crippen LogP contribution in [0.15, 0.2) is 23.1 Å². The van der Waals surface area contributed by atoms with E-state index in [2.05, 4.69) is 16.4 Å². The third-order valence-corrected chi connectivity index (χ3v) is 7.45. The quantitative estimate of drug-likeness (QED) is 0.148. The Morgan fingerprint density at radius 1 is 0.871 bits per heavy atom. The fraction of sp³-hybridized carbons (Fsp3) is 0.727. The van der Waals surface area contributed by atoms with Gasteiger partial charge in [0.1, 0.15) is 0 Å². The Labute approximate surface area is 196 Å². The smallest absolute Gasteiger partial charge is 0.259 e. The number of anilines is 1. The standard InChI is InChI=1S/C22H39ClN2O4S2/c1-2-3-4-5-6-7-8-9-10-11-12-13-14-15-18-24-31(28,29)20-16-17-21(23)22(19-20)25-30(26)27/h16-17,19,24-25H,2-15,18H2,1H3,(H,26,27). The number of halogens is 1. The van der Waals surface area contributed by atoms with E-state index < -0.39 is 21.3 Å². The SMILES string of the molecule is CCCCCCCCCCCCCCCCNS(=O)(=O)c1ccc(Cl)c(NS(=O)O)c1. The van der Waals surface area contributed by atoms with Gasteiger partial charge in [0.2, 0.25) is 10.0 Å². The lowest BCUT2D eigenvalue weighted by Gasteiger charge is -2.10. The molecule has 9 heteroatoms. The molecule has 1 aromatic rings. The van der Waals surface area contributed by atoms with Gasteiger partial charge in [-0.2, -0.15) is 0 Å². The molecular weight excluding hydrogens is 456 g/mol. The molecule has 1 rings (SSSR count). The zero-order valence-electron chi connectivity index (χ0n) is 18.7. The third kappa shape index (κ3) is 13.5. The maximum atomic E-state index is 12.4. The summed E-state index contributed by atoms with van der Waals surface area (Å²) in [6, 6.07) is 4.02. The first-order valence-corrected chi connectivity index (χ1v) is 14.5. The van der Waals surface area contributed by atoms with Crippen LogP contribution in [-0.4, -0.2) is 23.7 Å². The van der Waals surface area contributed by atoms with Gasteiger partial charge < -0.3 is 0 Å². The van der Waals surface area contributed by atoms with Gasteiger partial charge in [-0.05, 0) is 24.6 Å². The summed E-state index contributed by atoms with van der Waals surface area (Å²) in [4.78, 5) is 0.00946. The zero-order valence-corrected chi connectivity index (χ0v) is 21.1. The number of hydrogen-bond donors (Lipinski definition) is 3. The first-order valence-electron chi connectivity index (χ1n) is 11.5. The lowest BCUT2D eigenvalue weighted by molar-refractivity contribution is 0.533. The van der Waals surface area contributed by atoms with Gasteiger partial charge in [0.15, 0.2) is 0 Å². The average Bonchev–Trinajstić information content (AvgIpc) is 2.72. The van der Waals surface area contributed by atoms with Crippen LogP contribution in [0.2, 0.25) is 5.02 Å². The van der Waals surface area contributed by atoms with Crippen molar-refractivity contribution in [3.63, 3.8) is 0 Å². The second-order valence-corrected chi connectivity index (χ2v) is 10.9. The first kappa shape index (κ1) is 28.4. The van der Waals surface area contributed by atoms with Gasteiger partial charge in [0.05, 0.1) is 15.6 Å². The number of nitrogens with one attached hydrogen (secondary N) is 2. The van der Waals surface area contributed by atoms with Crippen LogP contribution in [0.1, 0.15) is 96.8 Å². The van der Waals surface area contributed by atoms with Crippen LogP contribution < -0.4 is 9.44 Å². The molecule has 0 heterocycles. The predicted molar refractivity (Wildman–Crippen MR) is 131 cm³/mol. The van der Waals surface area contributed by atoms with E-state index in [0.29, 0.717) is 6.54 Å². The lowest BCUT2D eigenvalue weighted by atomic mass is 10.0. The van der Waals surface area contributed by atoms with E-state index in [-0.39, 0.29) is 15.6 Å². The van der Waals surface area contributed by atoms with Gasteiger partial charge in [-0.25, -0.2) is 17.3 Å². The van der Waals surface area contributed by atoms with Gasteiger partial charge in [0.25, 0.3) is 11.3 Å². The molecule has 0 aromatic heterocycles. The molecule has 1 atom stereocenters. The zero-order chi connectivity index (χ0) is 23.0. The van der Waals surface area contributed by atoms with Crippen molar-refractivity contribution in [2.45, 2.75) is 102 Å². The summed E-state index contributed by atoms with van der Waals surface area (Å²) >= 11 is 3.59. The molecule has 0 fully saturated rings. The van der Waals surface area contributed by atoms with Gasteiger partial charge in [-0.1, -0.05) is 102 Å². The average molecular weight is 495 g/mol. The van der Waals surface area contributed by atoms with E-state index in [1.54, 1.807) is 0 Å². The van der Waals surface area contributed by atoms with Crippen molar-refractivity contribution in [3.05, 3.63) is 23.2 Å². The molecule has 180 valence electrons. The summed E-state index contributed by atoms with van der Waals surface area (Å²) in [6.45, 7) is 2.62. The van der Waals surface area contributed by atoms with E-state index >= 15 is 0 Å². The van der Waals surface area contributed by atoms with Crippen LogP contribution >= 0.6 is 11.6 Å². The Balaban J connectivity index is 2.10. The topological polar surface area (TPSA) is 95.5 Å². The minimum Gasteiger partial charge on any atom is -0.289 e. The molecule has 0 radical (unpaired) electrons. The van der Waals surface area contributed by atoms with Crippen LogP contribution in [0.25, 0.3) is 0 Å². The van der Waals surface area contributed by atoms with Crippen molar-refractivity contribution in [1.82, 2.24) is 4.72 Å². The van der Waals surface area contributed by atoms with Crippen molar-refractivity contribution >= 4 is 38.6 Å². The number of benzene rings is 1. The van der Waals surface area contributed by atoms with Crippen molar-refractivity contribution in [2.24, 2.45) is 0 Å². The normalized spacial score (nSPS) is 12.7. The molecule has 31 heavy (non-hydrogen) atoms. The number of unbranched alkanes of at least 4 members (excludes halogenated alkanes) is 13. The number of hydrogen-bond acceptors (Lipinski definition) is 3. The Morgan fingerprint density at radius 2 is 1.35 bits per heavy atom. The number of rotatable bonds is 19. The van der Waals surface area contributed by atoms with Crippen molar-refractivity contribution in [1.29, 1.82) is 0 Å². The van der Waals surface area contributed by atoms with Gasteiger partial charge in [-0.15, -0.1) is 0 Å². The van der Waals surface area contributed by atoms with E-state index in [4.69, 9.17) is 16.2 Å². The summed E-state index contributed by atoms with van der Waals surface area (Å²) < 4.78 is 49.4. The minimum absolute atomic E-state index is 0.00946. The largest absolute Gasteiger partial charge is 0.289 e. The van der Waals surface area contributed by atoms with Crippen molar-refractivity contribution < 1.29 is 17.2 Å². The van der Waals surface area contributed by atoms with E-state index in [1.807, 2.05) is 0 Å². The van der Waals surface area contributed by atoms with E-state index in [0.717, 1.165) is 19.3 Å². The molecule has 1 unspecified atom stereocenters. The summed E-state index contributed by atoms with van der Waals surface area (Å²) in [5.41, 5.74) is 0.0990. The second kappa shape index (κ2) is 16.9. The monoisotopic (exact) mass is 494 g/mol. The third-order valence-electron chi connectivity index (χ3n) is 5.27. The molecule has 0 spiro atoms. The Bertz CT molecular complexity index is 745. The van der Waals surface area contributed by atoms with Crippen LogP contribution in [-0.2, 0) is 21.3 Å².